The van der Waals surface area contributed by atoms with Crippen LogP contribution >= 0.6 is 0 Å². The summed E-state index contributed by atoms with van der Waals surface area (Å²) in [4.78, 5) is 0. The van der Waals surface area contributed by atoms with Crippen LogP contribution in [-0.2, 0) is 0 Å². The van der Waals surface area contributed by atoms with Crippen molar-refractivity contribution in [2.45, 2.75) is 130 Å². The van der Waals surface area contributed by atoms with Crippen molar-refractivity contribution in [3.8, 4) is 0 Å². The molecule has 0 aromatic rings. The highest BCUT2D eigenvalue weighted by molar-refractivity contribution is 5.08. The maximum atomic E-state index is 3.90. The van der Waals surface area contributed by atoms with Gasteiger partial charge in [-0.25, -0.2) is 0 Å². The first kappa shape index (κ1) is 36.2. The second-order valence-corrected chi connectivity index (χ2v) is 7.55. The van der Waals surface area contributed by atoms with E-state index in [1.807, 2.05) is 0 Å². The van der Waals surface area contributed by atoms with Gasteiger partial charge in [-0.2, -0.15) is 0 Å². The Morgan fingerprint density at radius 3 is 0.808 bits per heavy atom. The zero-order valence-corrected chi connectivity index (χ0v) is 19.2. The van der Waals surface area contributed by atoms with Gasteiger partial charge in [0, 0.05) is 0 Å². The molecule has 0 spiro atoms. The molecular formula is C26H56. The highest BCUT2D eigenvalue weighted by Gasteiger charge is 2.14. The van der Waals surface area contributed by atoms with Gasteiger partial charge in [0.25, 0.3) is 0 Å². The van der Waals surface area contributed by atoms with Gasteiger partial charge in [-0.15, -0.1) is 0 Å². The summed E-state index contributed by atoms with van der Waals surface area (Å²) in [7, 11) is 0. The molecule has 0 atom stereocenters. The molecule has 0 saturated carbocycles. The summed E-state index contributed by atoms with van der Waals surface area (Å²) in [6.45, 7) is 30.2. The van der Waals surface area contributed by atoms with Gasteiger partial charge in [0.15, 0.2) is 0 Å². The topological polar surface area (TPSA) is 0 Å². The first-order valence-electron chi connectivity index (χ1n) is 9.91. The third-order valence-corrected chi connectivity index (χ3v) is 5.62. The summed E-state index contributed by atoms with van der Waals surface area (Å²) in [6, 6.07) is 0. The minimum atomic E-state index is 0. The number of allylic oxidation sites excluding steroid dienone is 5. The van der Waals surface area contributed by atoms with E-state index in [0.717, 1.165) is 0 Å². The molecule has 0 fully saturated rings. The molecule has 0 bridgehead atoms. The molecule has 0 radical (unpaired) electrons. The fourth-order valence-electron chi connectivity index (χ4n) is 1.51. The minimum absolute atomic E-state index is 0. The zero-order valence-electron chi connectivity index (χ0n) is 19.2. The van der Waals surface area contributed by atoms with Crippen molar-refractivity contribution in [3.05, 3.63) is 34.4 Å². The summed E-state index contributed by atoms with van der Waals surface area (Å²) in [5.41, 5.74) is 7.82. The van der Waals surface area contributed by atoms with Crippen LogP contribution in [0.1, 0.15) is 130 Å². The van der Waals surface area contributed by atoms with Gasteiger partial charge in [0.1, 0.15) is 0 Å². The monoisotopic (exact) mass is 368 g/mol. The largest absolute Gasteiger partial charge is 0.0996 e. The molecular weight excluding hydrogens is 312 g/mol. The molecule has 0 rings (SSSR count). The first-order chi connectivity index (χ1) is 10.9. The highest BCUT2D eigenvalue weighted by atomic mass is 14.2. The van der Waals surface area contributed by atoms with Crippen LogP contribution in [0.2, 0.25) is 0 Å². The van der Waals surface area contributed by atoms with Gasteiger partial charge in [-0.05, 0) is 72.1 Å². The fourth-order valence-corrected chi connectivity index (χ4v) is 1.51. The van der Waals surface area contributed by atoms with Crippen molar-refractivity contribution in [2.24, 2.45) is 5.41 Å². The van der Waals surface area contributed by atoms with Gasteiger partial charge in [0.2, 0.25) is 0 Å². The zero-order chi connectivity index (χ0) is 19.9. The van der Waals surface area contributed by atoms with Crippen molar-refractivity contribution in [2.75, 3.05) is 0 Å². The summed E-state index contributed by atoms with van der Waals surface area (Å²) in [5, 5.41) is 0. The van der Waals surface area contributed by atoms with E-state index in [1.54, 1.807) is 22.3 Å². The van der Waals surface area contributed by atoms with Crippen molar-refractivity contribution in [1.29, 1.82) is 0 Å². The second kappa shape index (κ2) is 20.5. The summed E-state index contributed by atoms with van der Waals surface area (Å²) in [5.74, 6) is 0. The molecule has 0 aromatic carbocycles. The molecule has 0 aliphatic rings. The maximum absolute atomic E-state index is 3.90. The van der Waals surface area contributed by atoms with Gasteiger partial charge in [0.05, 0.1) is 0 Å². The smallest absolute Gasteiger partial charge is 0.0153 e. The van der Waals surface area contributed by atoms with Gasteiger partial charge in [-0.1, -0.05) is 97.8 Å². The lowest BCUT2D eigenvalue weighted by Crippen LogP contribution is -2.09. The Hall–Kier alpha value is -0.780. The normalized spacial score (nSPS) is 11.8. The lowest BCUT2D eigenvalue weighted by atomic mass is 9.84. The van der Waals surface area contributed by atoms with Crippen LogP contribution in [0.4, 0.5) is 0 Å². The van der Waals surface area contributed by atoms with E-state index in [1.165, 1.54) is 37.7 Å². The van der Waals surface area contributed by atoms with Crippen LogP contribution in [0.15, 0.2) is 34.4 Å². The minimum Gasteiger partial charge on any atom is -0.0996 e. The third kappa shape index (κ3) is 19.5. The lowest BCUT2D eigenvalue weighted by molar-refractivity contribution is 0.431. The standard InChI is InChI=1S/3C8H16.2CH4/c1-6-8(4,5)7(2)3;2*1-5-7(3)8(4)6-2;;/h2,6H2,1,3-5H3;2*5-6H2,1-4H3;2*1H4/b;8-7+;8-7-;;. The Labute approximate surface area is 170 Å². The van der Waals surface area contributed by atoms with Gasteiger partial charge >= 0.3 is 0 Å². The van der Waals surface area contributed by atoms with E-state index in [0.29, 0.717) is 5.41 Å². The van der Waals surface area contributed by atoms with Crippen molar-refractivity contribution >= 4 is 0 Å². The van der Waals surface area contributed by atoms with E-state index >= 15 is 0 Å². The molecule has 0 nitrogen and oxygen atoms in total. The molecule has 0 aliphatic heterocycles. The molecule has 0 aromatic heterocycles. The highest BCUT2D eigenvalue weighted by Crippen LogP contribution is 2.27. The Bertz CT molecular complexity index is 338. The summed E-state index contributed by atoms with van der Waals surface area (Å²) in [6.07, 6.45) is 6.01. The molecule has 0 N–H and O–H groups in total. The molecule has 160 valence electrons. The molecule has 0 heteroatoms. The average Bonchev–Trinajstić information content (AvgIpc) is 2.59. The summed E-state index contributed by atoms with van der Waals surface area (Å²) >= 11 is 0. The second-order valence-electron chi connectivity index (χ2n) is 7.55. The van der Waals surface area contributed by atoms with Crippen molar-refractivity contribution in [1.82, 2.24) is 0 Å². The Balaban J connectivity index is -0.0000000817. The van der Waals surface area contributed by atoms with Crippen LogP contribution in [-0.4, -0.2) is 0 Å². The average molecular weight is 369 g/mol. The molecule has 26 heavy (non-hydrogen) atoms. The van der Waals surface area contributed by atoms with Gasteiger partial charge < -0.3 is 0 Å². The predicted octanol–water partition coefficient (Wildman–Crippen LogP) is 10.6. The predicted molar refractivity (Wildman–Crippen MR) is 130 cm³/mol. The van der Waals surface area contributed by atoms with Crippen LogP contribution in [0, 0.1) is 5.41 Å². The van der Waals surface area contributed by atoms with Crippen LogP contribution in [0.3, 0.4) is 0 Å². The van der Waals surface area contributed by atoms with Gasteiger partial charge in [-0.3, -0.25) is 0 Å². The molecule has 0 heterocycles. The van der Waals surface area contributed by atoms with E-state index in [-0.39, 0.29) is 14.9 Å². The first-order valence-corrected chi connectivity index (χ1v) is 9.91. The van der Waals surface area contributed by atoms with E-state index in [2.05, 4.69) is 89.7 Å². The van der Waals surface area contributed by atoms with E-state index < -0.39 is 0 Å². The lowest BCUT2D eigenvalue weighted by Gasteiger charge is -2.22. The molecule has 0 saturated heterocycles. The molecule has 0 aliphatic carbocycles. The Morgan fingerprint density at radius 1 is 0.577 bits per heavy atom. The fraction of sp³-hybridized carbons (Fsp3) is 0.769. The van der Waals surface area contributed by atoms with E-state index in [4.69, 9.17) is 0 Å². The Kier molecular flexibility index (Phi) is 28.6. The van der Waals surface area contributed by atoms with Crippen LogP contribution in [0.5, 0.6) is 0 Å². The maximum Gasteiger partial charge on any atom is -0.0153 e. The number of hydrogen-bond donors (Lipinski definition) is 0. The third-order valence-electron chi connectivity index (χ3n) is 5.62. The molecule has 0 amide bonds. The van der Waals surface area contributed by atoms with Crippen molar-refractivity contribution in [3.63, 3.8) is 0 Å². The SMILES string of the molecule is C.C.C=C(C)C(C)(C)CC.CC/C(C)=C(/C)CC.CC/C(C)=C(\C)CC. The van der Waals surface area contributed by atoms with Crippen molar-refractivity contribution < 1.29 is 0 Å². The van der Waals surface area contributed by atoms with Crippen LogP contribution < -0.4 is 0 Å². The quantitative estimate of drug-likeness (QED) is 0.409. The Morgan fingerprint density at radius 2 is 0.769 bits per heavy atom. The number of rotatable bonds is 6. The summed E-state index contributed by atoms with van der Waals surface area (Å²) < 4.78 is 0. The molecule has 0 unspecified atom stereocenters. The number of hydrogen-bond acceptors (Lipinski definition) is 0. The van der Waals surface area contributed by atoms with Crippen LogP contribution in [0.25, 0.3) is 0 Å². The van der Waals surface area contributed by atoms with E-state index in [9.17, 15) is 0 Å².